The lowest BCUT2D eigenvalue weighted by Crippen LogP contribution is -2.41. The molecule has 0 unspecified atom stereocenters. The van der Waals surface area contributed by atoms with Crippen molar-refractivity contribution in [1.29, 1.82) is 0 Å². The summed E-state index contributed by atoms with van der Waals surface area (Å²) in [5.41, 5.74) is 1.23. The van der Waals surface area contributed by atoms with E-state index < -0.39 is 15.6 Å². The first-order chi connectivity index (χ1) is 14.4. The molecule has 2 N–H and O–H groups in total. The van der Waals surface area contributed by atoms with Gasteiger partial charge < -0.3 is 18.8 Å². The Hall–Kier alpha value is -2.88. The molecule has 0 fully saturated rings. The van der Waals surface area contributed by atoms with E-state index in [4.69, 9.17) is 8.83 Å². The van der Waals surface area contributed by atoms with Gasteiger partial charge in [0, 0.05) is 18.5 Å². The monoisotopic (exact) mass is 428 g/mol. The smallest absolute Gasteiger partial charge is 0.240 e. The van der Waals surface area contributed by atoms with Gasteiger partial charge in [-0.15, -0.1) is 0 Å². The van der Waals surface area contributed by atoms with E-state index in [0.717, 1.165) is 16.8 Å². The van der Waals surface area contributed by atoms with Crippen molar-refractivity contribution < 1.29 is 27.2 Å². The summed E-state index contributed by atoms with van der Waals surface area (Å²) in [6.45, 7) is 0.246. The summed E-state index contributed by atoms with van der Waals surface area (Å²) in [5.74, 6) is 0.281. The number of nitrogens with one attached hydrogen (secondary N) is 1. The highest BCUT2D eigenvalue weighted by atomic mass is 32.2. The van der Waals surface area contributed by atoms with E-state index in [9.17, 15) is 18.3 Å². The fourth-order valence-electron chi connectivity index (χ4n) is 4.21. The van der Waals surface area contributed by atoms with Crippen LogP contribution in [0.5, 0.6) is 0 Å². The van der Waals surface area contributed by atoms with Crippen LogP contribution in [-0.2, 0) is 33.3 Å². The molecule has 3 aromatic rings. The average molecular weight is 428 g/mol. The van der Waals surface area contributed by atoms with Crippen LogP contribution in [0.25, 0.3) is 0 Å². The molecule has 2 aliphatic rings. The largest absolute Gasteiger partial charge is 0.472 e. The lowest BCUT2D eigenvalue weighted by Gasteiger charge is -2.27. The van der Waals surface area contributed by atoms with Crippen molar-refractivity contribution in [2.75, 3.05) is 18.0 Å². The molecule has 1 aromatic carbocycles. The Labute approximate surface area is 173 Å². The zero-order valence-corrected chi connectivity index (χ0v) is 16.8. The molecule has 0 aliphatic carbocycles. The van der Waals surface area contributed by atoms with Gasteiger partial charge in [0.05, 0.1) is 35.9 Å². The number of amides is 1. The number of aliphatic hydroxyl groups is 1. The first-order valence-corrected chi connectivity index (χ1v) is 11.1. The van der Waals surface area contributed by atoms with Gasteiger partial charge in [0.25, 0.3) is 0 Å². The molecule has 1 atom stereocenters. The minimum absolute atomic E-state index is 0.0820. The summed E-state index contributed by atoms with van der Waals surface area (Å²) in [7, 11) is -3.92. The van der Waals surface area contributed by atoms with E-state index in [1.54, 1.807) is 35.2 Å². The molecule has 0 bridgehead atoms. The highest BCUT2D eigenvalue weighted by Gasteiger charge is 2.38. The Morgan fingerprint density at radius 3 is 2.63 bits per heavy atom. The maximum Gasteiger partial charge on any atom is 0.240 e. The summed E-state index contributed by atoms with van der Waals surface area (Å²) < 4.78 is 39.1. The van der Waals surface area contributed by atoms with Crippen molar-refractivity contribution in [2.24, 2.45) is 0 Å². The van der Waals surface area contributed by atoms with Gasteiger partial charge >= 0.3 is 0 Å². The van der Waals surface area contributed by atoms with Crippen LogP contribution < -0.4 is 9.62 Å². The van der Waals surface area contributed by atoms with Crippen LogP contribution >= 0.6 is 0 Å². The molecule has 5 rings (SSSR count). The molecule has 30 heavy (non-hydrogen) atoms. The molecule has 1 amide bonds. The van der Waals surface area contributed by atoms with E-state index >= 15 is 0 Å². The van der Waals surface area contributed by atoms with Crippen molar-refractivity contribution in [1.82, 2.24) is 4.72 Å². The molecule has 4 heterocycles. The van der Waals surface area contributed by atoms with Crippen LogP contribution in [0.3, 0.4) is 0 Å². The molecule has 2 aliphatic heterocycles. The number of furan rings is 2. The number of hydrogen-bond acceptors (Lipinski definition) is 6. The van der Waals surface area contributed by atoms with Gasteiger partial charge in [-0.05, 0) is 54.3 Å². The number of anilines is 1. The summed E-state index contributed by atoms with van der Waals surface area (Å²) in [4.78, 5) is 14.0. The second kappa shape index (κ2) is 6.83. The second-order valence-corrected chi connectivity index (χ2v) is 9.33. The maximum absolute atomic E-state index is 13.1. The molecule has 0 spiro atoms. The van der Waals surface area contributed by atoms with E-state index in [1.165, 1.54) is 18.8 Å². The quantitative estimate of drug-likeness (QED) is 0.620. The summed E-state index contributed by atoms with van der Waals surface area (Å²) >= 11 is 0. The first kappa shape index (κ1) is 19.1. The second-order valence-electron chi connectivity index (χ2n) is 7.56. The molecule has 2 aromatic heterocycles. The molecule has 9 heteroatoms. The summed E-state index contributed by atoms with van der Waals surface area (Å²) in [5, 5.41) is 11.2. The van der Waals surface area contributed by atoms with Gasteiger partial charge in [-0.2, -0.15) is 0 Å². The van der Waals surface area contributed by atoms with Gasteiger partial charge in [-0.3, -0.25) is 4.79 Å². The Bertz CT molecular complexity index is 1160. The van der Waals surface area contributed by atoms with Crippen molar-refractivity contribution in [3.63, 3.8) is 0 Å². The predicted molar refractivity (Wildman–Crippen MR) is 106 cm³/mol. The number of carbonyl (C=O) groups excluding carboxylic acids is 1. The lowest BCUT2D eigenvalue weighted by atomic mass is 9.94. The molecule has 0 saturated carbocycles. The van der Waals surface area contributed by atoms with E-state index in [0.29, 0.717) is 31.4 Å². The Morgan fingerprint density at radius 2 is 1.93 bits per heavy atom. The summed E-state index contributed by atoms with van der Waals surface area (Å²) in [6.07, 6.45) is 5.68. The number of rotatable bonds is 6. The fraction of sp³-hybridized carbons (Fsp3) is 0.286. The zero-order chi connectivity index (χ0) is 20.9. The van der Waals surface area contributed by atoms with Crippen LogP contribution in [0, 0.1) is 0 Å². The van der Waals surface area contributed by atoms with Crippen molar-refractivity contribution in [3.05, 3.63) is 71.6 Å². The maximum atomic E-state index is 13.1. The van der Waals surface area contributed by atoms with Crippen LogP contribution in [0.2, 0.25) is 0 Å². The predicted octanol–water partition coefficient (Wildman–Crippen LogP) is 1.92. The van der Waals surface area contributed by atoms with Gasteiger partial charge in [0.2, 0.25) is 15.9 Å². The number of sulfonamides is 1. The standard InChI is InChI=1S/C21H20N2O6S/c24-19-4-3-14-10-17(11-15-5-7-23(19)20(14)15)30(26,27)22-13-21(25,16-6-9-28-12-16)18-2-1-8-29-18/h1-2,6,8-12,22,25H,3-5,7,13H2/t21-/m0/s1. The SMILES string of the molecule is O=C1CCc2cc(S(=O)(=O)NC[C@](O)(c3ccoc3)c3ccco3)cc3c2N1CC3. The average Bonchev–Trinajstić information content (AvgIpc) is 3.50. The molecular weight excluding hydrogens is 408 g/mol. The third-order valence-corrected chi connectivity index (χ3v) is 7.16. The Morgan fingerprint density at radius 1 is 1.13 bits per heavy atom. The van der Waals surface area contributed by atoms with Crippen LogP contribution in [0.15, 0.2) is 62.9 Å². The van der Waals surface area contributed by atoms with Crippen molar-refractivity contribution in [2.45, 2.75) is 29.8 Å². The third kappa shape index (κ3) is 2.97. The lowest BCUT2D eigenvalue weighted by molar-refractivity contribution is -0.118. The van der Waals surface area contributed by atoms with Gasteiger partial charge in [-0.25, -0.2) is 13.1 Å². The molecule has 156 valence electrons. The number of hydrogen-bond donors (Lipinski definition) is 2. The molecule has 0 saturated heterocycles. The van der Waals surface area contributed by atoms with Crippen molar-refractivity contribution in [3.8, 4) is 0 Å². The normalized spacial score (nSPS) is 17.8. The topological polar surface area (TPSA) is 113 Å². The van der Waals surface area contributed by atoms with Crippen LogP contribution in [0.1, 0.15) is 28.9 Å². The molecule has 0 radical (unpaired) electrons. The fourth-order valence-corrected chi connectivity index (χ4v) is 5.37. The Kier molecular flexibility index (Phi) is 4.35. The van der Waals surface area contributed by atoms with Gasteiger partial charge in [-0.1, -0.05) is 0 Å². The highest BCUT2D eigenvalue weighted by Crippen LogP contribution is 2.38. The van der Waals surface area contributed by atoms with E-state index in [1.807, 2.05) is 0 Å². The minimum atomic E-state index is -3.92. The molecule has 8 nitrogen and oxygen atoms in total. The highest BCUT2D eigenvalue weighted by molar-refractivity contribution is 7.89. The number of aryl methyl sites for hydroxylation is 1. The van der Waals surface area contributed by atoms with Crippen LogP contribution in [0.4, 0.5) is 5.69 Å². The summed E-state index contributed by atoms with van der Waals surface area (Å²) in [6, 6.07) is 7.99. The van der Waals surface area contributed by atoms with Crippen LogP contribution in [-0.4, -0.2) is 32.5 Å². The zero-order valence-electron chi connectivity index (χ0n) is 16.0. The van der Waals surface area contributed by atoms with Gasteiger partial charge in [0.15, 0.2) is 5.60 Å². The van der Waals surface area contributed by atoms with E-state index in [-0.39, 0.29) is 23.1 Å². The van der Waals surface area contributed by atoms with Gasteiger partial charge in [0.1, 0.15) is 5.76 Å². The van der Waals surface area contributed by atoms with E-state index in [2.05, 4.69) is 4.72 Å². The Balaban J connectivity index is 1.46. The number of benzene rings is 1. The number of nitrogens with zero attached hydrogens (tertiary/aromatic N) is 1. The first-order valence-electron chi connectivity index (χ1n) is 9.63. The number of carbonyl (C=O) groups is 1. The minimum Gasteiger partial charge on any atom is -0.472 e. The third-order valence-electron chi connectivity index (χ3n) is 5.78. The molecular formula is C21H20N2O6S. The van der Waals surface area contributed by atoms with Crippen molar-refractivity contribution >= 4 is 21.6 Å².